The van der Waals surface area contributed by atoms with Crippen LogP contribution in [0.15, 0.2) is 56.0 Å². The van der Waals surface area contributed by atoms with Crippen LogP contribution in [0, 0.1) is 0 Å². The second kappa shape index (κ2) is 10.6. The minimum atomic E-state index is -4.79. The average molecular weight is 525 g/mol. The van der Waals surface area contributed by atoms with Crippen LogP contribution in [-0.2, 0) is 30.1 Å². The van der Waals surface area contributed by atoms with Gasteiger partial charge in [-0.3, -0.25) is 9.11 Å². The van der Waals surface area contributed by atoms with Gasteiger partial charge in [-0.15, -0.1) is 0 Å². The van der Waals surface area contributed by atoms with Gasteiger partial charge in [0.2, 0.25) is 9.84 Å². The summed E-state index contributed by atoms with van der Waals surface area (Å²) >= 11 is 11.2. The van der Waals surface area contributed by atoms with Crippen molar-refractivity contribution in [2.45, 2.75) is 19.6 Å². The van der Waals surface area contributed by atoms with Crippen LogP contribution in [0.2, 0.25) is 10.0 Å². The van der Waals surface area contributed by atoms with Crippen molar-refractivity contribution in [1.82, 2.24) is 0 Å². The van der Waals surface area contributed by atoms with Crippen LogP contribution in [0.25, 0.3) is 0 Å². The summed E-state index contributed by atoms with van der Waals surface area (Å²) in [5.74, 6) is 0. The first-order valence-corrected chi connectivity index (χ1v) is 11.2. The zero-order valence-electron chi connectivity index (χ0n) is 13.8. The molecule has 8 nitrogen and oxygen atoms in total. The average Bonchev–Trinajstić information content (AvgIpc) is 2.45. The Hall–Kier alpha value is 2.06. The van der Waals surface area contributed by atoms with Crippen molar-refractivity contribution in [3.63, 3.8) is 0 Å². The molecule has 27 heavy (non-hydrogen) atoms. The Morgan fingerprint density at radius 1 is 0.630 bits per heavy atom. The number of sulfone groups is 1. The molecule has 138 valence electrons. The molecule has 0 fully saturated rings. The van der Waals surface area contributed by atoms with E-state index in [1.807, 2.05) is 0 Å². The number of rotatable bonds is 4. The first kappa shape index (κ1) is 29.1. The molecule has 0 aromatic heterocycles. The van der Waals surface area contributed by atoms with Crippen molar-refractivity contribution in [2.75, 3.05) is 0 Å². The fraction of sp³-hybridized carbons (Fsp3) is 0. The Morgan fingerprint density at radius 2 is 0.926 bits per heavy atom. The van der Waals surface area contributed by atoms with Gasteiger partial charge in [-0.05, 0) is 36.4 Å². The van der Waals surface area contributed by atoms with Gasteiger partial charge in [0.1, 0.15) is 9.79 Å². The van der Waals surface area contributed by atoms with Gasteiger partial charge >= 0.3 is 0 Å². The molecule has 0 heterocycles. The fourth-order valence-electron chi connectivity index (χ4n) is 1.83. The van der Waals surface area contributed by atoms with Crippen LogP contribution >= 0.6 is 23.2 Å². The van der Waals surface area contributed by atoms with Crippen molar-refractivity contribution in [3.05, 3.63) is 46.4 Å². The van der Waals surface area contributed by atoms with E-state index in [1.54, 1.807) is 0 Å². The molecule has 15 heteroatoms. The molecule has 2 radical (unpaired) electrons. The third-order valence-corrected chi connectivity index (χ3v) is 7.40. The summed E-state index contributed by atoms with van der Waals surface area (Å²) in [5, 5.41) is -0.813. The van der Waals surface area contributed by atoms with Crippen LogP contribution in [0.3, 0.4) is 0 Å². The molecule has 0 aliphatic rings. The van der Waals surface area contributed by atoms with E-state index >= 15 is 0 Å². The van der Waals surface area contributed by atoms with Crippen LogP contribution in [0.5, 0.6) is 0 Å². The number of hydrogen-bond donors (Lipinski definition) is 2. The smallest absolute Gasteiger partial charge is 0.282 e. The largest absolute Gasteiger partial charge is 0.296 e. The maximum absolute atomic E-state index is 12.6. The maximum atomic E-state index is 12.6. The Labute approximate surface area is 251 Å². The minimum absolute atomic E-state index is 0. The predicted octanol–water partition coefficient (Wildman–Crippen LogP) is 1.56. The summed E-state index contributed by atoms with van der Waals surface area (Å²) in [5.41, 5.74) is 0. The topological polar surface area (TPSA) is 143 Å². The van der Waals surface area contributed by atoms with Crippen LogP contribution < -0.4 is 0 Å². The molecule has 0 aliphatic heterocycles. The zero-order valence-corrected chi connectivity index (χ0v) is 24.0. The van der Waals surface area contributed by atoms with E-state index in [1.165, 1.54) is 0 Å². The number of hydrogen-bond acceptors (Lipinski definition) is 6. The molecule has 0 atom stereocenters. The molecule has 0 amide bonds. The van der Waals surface area contributed by atoms with Crippen LogP contribution in [0.4, 0.5) is 0 Å². The zero-order chi connectivity index (χ0) is 19.2. The predicted molar refractivity (Wildman–Crippen MR) is 99.5 cm³/mol. The van der Waals surface area contributed by atoms with Crippen molar-refractivity contribution in [3.8, 4) is 0 Å². The molecule has 2 aromatic carbocycles. The maximum Gasteiger partial charge on any atom is 0.296 e. The van der Waals surface area contributed by atoms with Gasteiger partial charge in [-0.2, -0.15) is 16.8 Å². The van der Waals surface area contributed by atoms with Crippen molar-refractivity contribution >= 4 is 156 Å². The molecule has 2 rings (SSSR count). The normalized spacial score (nSPS) is 12.0. The van der Waals surface area contributed by atoms with Crippen LogP contribution in [-0.4, -0.2) is 137 Å². The van der Waals surface area contributed by atoms with E-state index in [-0.39, 0.29) is 103 Å². The van der Waals surface area contributed by atoms with Gasteiger partial charge in [0.15, 0.2) is 0 Å². The molecular weight excluding hydrogens is 517 g/mol. The molecule has 0 aliphatic carbocycles. The number of benzene rings is 2. The molecular formula is C12H8Cl2K2O8S3. The Balaban J connectivity index is 0.00000338. The molecule has 0 saturated heterocycles. The molecule has 0 saturated carbocycles. The van der Waals surface area contributed by atoms with Gasteiger partial charge in [-0.1, -0.05) is 23.2 Å². The van der Waals surface area contributed by atoms with Gasteiger partial charge in [0.25, 0.3) is 20.2 Å². The third-order valence-electron chi connectivity index (χ3n) is 2.98. The summed E-state index contributed by atoms with van der Waals surface area (Å²) in [6.07, 6.45) is 0. The van der Waals surface area contributed by atoms with E-state index in [9.17, 15) is 25.3 Å². The summed E-state index contributed by atoms with van der Waals surface area (Å²) < 4.78 is 88.3. The SMILES string of the molecule is O=S(=O)(O)c1cc(S(=O)(=O)c2ccc(Cl)c(S(=O)(=O)O)c2)ccc1Cl.[K].[K]. The van der Waals surface area contributed by atoms with Crippen molar-refractivity contribution < 1.29 is 34.4 Å². The molecule has 2 aromatic rings. The van der Waals surface area contributed by atoms with Crippen molar-refractivity contribution in [2.24, 2.45) is 0 Å². The summed E-state index contributed by atoms with van der Waals surface area (Å²) in [6.45, 7) is 0. The Bertz CT molecular complexity index is 1090. The second-order valence-electron chi connectivity index (χ2n) is 4.64. The summed E-state index contributed by atoms with van der Waals surface area (Å²) in [4.78, 5) is -2.82. The minimum Gasteiger partial charge on any atom is -0.282 e. The monoisotopic (exact) mass is 524 g/mol. The van der Waals surface area contributed by atoms with Gasteiger partial charge in [0, 0.05) is 103 Å². The molecule has 0 unspecified atom stereocenters. The van der Waals surface area contributed by atoms with E-state index < -0.39 is 59.7 Å². The van der Waals surface area contributed by atoms with Gasteiger partial charge < -0.3 is 0 Å². The van der Waals surface area contributed by atoms with E-state index in [4.69, 9.17) is 32.3 Å². The standard InChI is InChI=1S/C12H8Cl2O8S3.2K/c13-9-3-1-7(5-11(9)24(17,18)19)23(15,16)8-2-4-10(14)12(6-8)25(20,21)22;;/h1-6H,(H,17,18,19)(H,20,21,22);;. The molecule has 0 bridgehead atoms. The second-order valence-corrected chi connectivity index (χ2v) is 10.2. The van der Waals surface area contributed by atoms with Crippen molar-refractivity contribution in [1.29, 1.82) is 0 Å². The first-order valence-electron chi connectivity index (χ1n) is 6.04. The van der Waals surface area contributed by atoms with Gasteiger partial charge in [-0.25, -0.2) is 8.42 Å². The molecule has 0 spiro atoms. The fourth-order valence-corrected chi connectivity index (χ4v) is 5.30. The van der Waals surface area contributed by atoms with Gasteiger partial charge in [0.05, 0.1) is 19.8 Å². The summed E-state index contributed by atoms with van der Waals surface area (Å²) in [6, 6.07) is 5.06. The first-order chi connectivity index (χ1) is 11.2. The number of halogens is 2. The summed E-state index contributed by atoms with van der Waals surface area (Å²) in [7, 11) is -14.0. The van der Waals surface area contributed by atoms with E-state index in [0.717, 1.165) is 24.3 Å². The third kappa shape index (κ3) is 7.03. The molecule has 2 N–H and O–H groups in total. The Kier molecular flexibility index (Phi) is 11.4. The van der Waals surface area contributed by atoms with Crippen LogP contribution in [0.1, 0.15) is 0 Å². The quantitative estimate of drug-likeness (QED) is 0.452. The van der Waals surface area contributed by atoms with E-state index in [0.29, 0.717) is 12.1 Å². The Morgan fingerprint density at radius 3 is 1.19 bits per heavy atom. The van der Waals surface area contributed by atoms with E-state index in [2.05, 4.69) is 0 Å².